The van der Waals surface area contributed by atoms with Crippen molar-refractivity contribution in [2.24, 2.45) is 0 Å². The Morgan fingerprint density at radius 2 is 1.89 bits per heavy atom. The molecule has 2 amide bonds. The maximum absolute atomic E-state index is 13.7. The zero-order valence-corrected chi connectivity index (χ0v) is 21.0. The van der Waals surface area contributed by atoms with Crippen molar-refractivity contribution < 1.29 is 18.7 Å². The molecule has 1 atom stereocenters. The average Bonchev–Trinajstić information content (AvgIpc) is 3.34. The summed E-state index contributed by atoms with van der Waals surface area (Å²) in [7, 11) is 1.62. The smallest absolute Gasteiger partial charge is 0.242 e. The summed E-state index contributed by atoms with van der Waals surface area (Å²) >= 11 is 1.73. The topological polar surface area (TPSA) is 49.9 Å². The van der Waals surface area contributed by atoms with Gasteiger partial charge in [0.2, 0.25) is 11.8 Å². The van der Waals surface area contributed by atoms with Crippen LogP contribution in [0.2, 0.25) is 0 Å². The lowest BCUT2D eigenvalue weighted by atomic mass is 9.90. The number of halogens is 1. The van der Waals surface area contributed by atoms with E-state index in [4.69, 9.17) is 4.74 Å². The number of hydrogen-bond donors (Lipinski definition) is 0. The zero-order valence-electron chi connectivity index (χ0n) is 20.2. The Balaban J connectivity index is 1.56. The molecule has 0 saturated carbocycles. The van der Waals surface area contributed by atoms with Crippen LogP contribution < -0.4 is 0 Å². The summed E-state index contributed by atoms with van der Waals surface area (Å²) in [6.07, 6.45) is 1.57. The lowest BCUT2D eigenvalue weighted by molar-refractivity contribution is -0.141. The summed E-state index contributed by atoms with van der Waals surface area (Å²) in [4.78, 5) is 31.8. The van der Waals surface area contributed by atoms with Gasteiger partial charge in [0.25, 0.3) is 0 Å². The Morgan fingerprint density at radius 3 is 2.63 bits per heavy atom. The number of aryl methyl sites for hydroxylation is 1. The molecule has 0 N–H and O–H groups in total. The molecule has 7 heteroatoms. The molecule has 1 aliphatic heterocycles. The maximum Gasteiger partial charge on any atom is 0.242 e. The number of ether oxygens (including phenoxy) is 1. The number of amides is 2. The van der Waals surface area contributed by atoms with Crippen molar-refractivity contribution in [3.63, 3.8) is 0 Å². The van der Waals surface area contributed by atoms with Gasteiger partial charge in [0.1, 0.15) is 5.82 Å². The van der Waals surface area contributed by atoms with Crippen LogP contribution in [-0.2, 0) is 27.2 Å². The summed E-state index contributed by atoms with van der Waals surface area (Å²) in [5, 5.41) is 2.09. The minimum absolute atomic E-state index is 0.00555. The van der Waals surface area contributed by atoms with Crippen molar-refractivity contribution in [1.82, 2.24) is 9.80 Å². The van der Waals surface area contributed by atoms with Gasteiger partial charge < -0.3 is 14.5 Å². The van der Waals surface area contributed by atoms with Crippen LogP contribution in [0.3, 0.4) is 0 Å². The molecule has 1 aromatic heterocycles. The second-order valence-electron chi connectivity index (χ2n) is 8.86. The molecule has 0 saturated heterocycles. The fourth-order valence-corrected chi connectivity index (χ4v) is 5.55. The summed E-state index contributed by atoms with van der Waals surface area (Å²) < 4.78 is 18.5. The number of methoxy groups -OCH3 is 1. The van der Waals surface area contributed by atoms with Gasteiger partial charge in [0.05, 0.1) is 19.0 Å². The molecular formula is C28H31FN2O3S. The van der Waals surface area contributed by atoms with Crippen LogP contribution in [-0.4, -0.2) is 55.0 Å². The lowest BCUT2D eigenvalue weighted by Crippen LogP contribution is -2.47. The molecule has 0 fully saturated rings. The molecule has 2 heterocycles. The van der Waals surface area contributed by atoms with E-state index in [1.807, 2.05) is 17.0 Å². The molecule has 1 unspecified atom stereocenters. The first-order chi connectivity index (χ1) is 17.0. The molecule has 0 spiro atoms. The van der Waals surface area contributed by atoms with Crippen LogP contribution in [0.5, 0.6) is 0 Å². The summed E-state index contributed by atoms with van der Waals surface area (Å²) in [6.45, 7) is 3.62. The summed E-state index contributed by atoms with van der Waals surface area (Å²) in [5.41, 5.74) is 4.15. The SMILES string of the molecule is COCCCN(CC(=O)N1CCc2sccc2C1c1ccccc1C)C(=O)Cc1ccc(F)cc1. The summed E-state index contributed by atoms with van der Waals surface area (Å²) in [6, 6.07) is 16.1. The van der Waals surface area contributed by atoms with Crippen LogP contribution >= 0.6 is 11.3 Å². The van der Waals surface area contributed by atoms with Gasteiger partial charge in [-0.3, -0.25) is 9.59 Å². The van der Waals surface area contributed by atoms with Crippen molar-refractivity contribution in [3.05, 3.63) is 92.9 Å². The number of fused-ring (bicyclic) bond motifs is 1. The Morgan fingerprint density at radius 1 is 1.11 bits per heavy atom. The van der Waals surface area contributed by atoms with Crippen LogP contribution in [0.25, 0.3) is 0 Å². The number of carbonyl (C=O) groups excluding carboxylic acids is 2. The van der Waals surface area contributed by atoms with Gasteiger partial charge in [-0.15, -0.1) is 11.3 Å². The third-order valence-electron chi connectivity index (χ3n) is 6.49. The highest BCUT2D eigenvalue weighted by Gasteiger charge is 2.34. The zero-order chi connectivity index (χ0) is 24.8. The van der Waals surface area contributed by atoms with Gasteiger partial charge in [0.15, 0.2) is 0 Å². The first-order valence-electron chi connectivity index (χ1n) is 11.9. The Kier molecular flexibility index (Phi) is 8.31. The second-order valence-corrected chi connectivity index (χ2v) is 9.86. The van der Waals surface area contributed by atoms with E-state index >= 15 is 0 Å². The minimum Gasteiger partial charge on any atom is -0.385 e. The Hall–Kier alpha value is -3.03. The molecule has 184 valence electrons. The predicted octanol–water partition coefficient (Wildman–Crippen LogP) is 4.78. The number of carbonyl (C=O) groups is 2. The number of hydrogen-bond acceptors (Lipinski definition) is 4. The number of thiophene rings is 1. The normalized spacial score (nSPS) is 15.1. The van der Waals surface area contributed by atoms with Crippen molar-refractivity contribution in [2.45, 2.75) is 32.2 Å². The van der Waals surface area contributed by atoms with Crippen molar-refractivity contribution in [2.75, 3.05) is 33.4 Å². The highest BCUT2D eigenvalue weighted by atomic mass is 32.1. The monoisotopic (exact) mass is 494 g/mol. The molecule has 3 aromatic rings. The lowest BCUT2D eigenvalue weighted by Gasteiger charge is -2.38. The maximum atomic E-state index is 13.7. The quantitative estimate of drug-likeness (QED) is 0.403. The highest BCUT2D eigenvalue weighted by molar-refractivity contribution is 7.10. The van der Waals surface area contributed by atoms with E-state index in [9.17, 15) is 14.0 Å². The third kappa shape index (κ3) is 5.97. The van der Waals surface area contributed by atoms with Gasteiger partial charge in [-0.05, 0) is 65.6 Å². The van der Waals surface area contributed by atoms with Gasteiger partial charge in [-0.2, -0.15) is 0 Å². The first kappa shape index (κ1) is 25.1. The largest absolute Gasteiger partial charge is 0.385 e. The van der Waals surface area contributed by atoms with E-state index < -0.39 is 0 Å². The molecule has 0 aliphatic carbocycles. The van der Waals surface area contributed by atoms with Crippen LogP contribution in [0.15, 0.2) is 60.0 Å². The highest BCUT2D eigenvalue weighted by Crippen LogP contribution is 2.39. The van der Waals surface area contributed by atoms with E-state index in [1.165, 1.54) is 22.6 Å². The molecule has 2 aromatic carbocycles. The number of nitrogens with zero attached hydrogens (tertiary/aromatic N) is 2. The summed E-state index contributed by atoms with van der Waals surface area (Å²) in [5.74, 6) is -0.560. The van der Waals surface area contributed by atoms with E-state index in [-0.39, 0.29) is 36.6 Å². The van der Waals surface area contributed by atoms with Gasteiger partial charge in [0, 0.05) is 31.7 Å². The van der Waals surface area contributed by atoms with Crippen molar-refractivity contribution in [3.8, 4) is 0 Å². The molecular weight excluding hydrogens is 463 g/mol. The van der Waals surface area contributed by atoms with E-state index in [2.05, 4.69) is 30.5 Å². The minimum atomic E-state index is -0.339. The van der Waals surface area contributed by atoms with Crippen LogP contribution in [0.1, 0.15) is 39.6 Å². The van der Waals surface area contributed by atoms with Crippen molar-refractivity contribution in [1.29, 1.82) is 0 Å². The Bertz CT molecular complexity index is 1160. The van der Waals surface area contributed by atoms with E-state index in [1.54, 1.807) is 35.5 Å². The average molecular weight is 495 g/mol. The van der Waals surface area contributed by atoms with Crippen molar-refractivity contribution >= 4 is 23.2 Å². The van der Waals surface area contributed by atoms with Crippen LogP contribution in [0.4, 0.5) is 4.39 Å². The van der Waals surface area contributed by atoms with Gasteiger partial charge in [-0.25, -0.2) is 4.39 Å². The standard InChI is InChI=1S/C28H31FN2O3S/c1-20-6-3-4-7-23(20)28-24-13-17-35-25(24)12-15-31(28)27(33)19-30(14-5-16-34-2)26(32)18-21-8-10-22(29)11-9-21/h3-4,6-11,13,17,28H,5,12,14-16,18-19H2,1-2H3. The second kappa shape index (κ2) is 11.6. The van der Waals surface area contributed by atoms with Gasteiger partial charge in [-0.1, -0.05) is 36.4 Å². The fourth-order valence-electron chi connectivity index (χ4n) is 4.65. The molecule has 35 heavy (non-hydrogen) atoms. The van der Waals surface area contributed by atoms with Gasteiger partial charge >= 0.3 is 0 Å². The Labute approximate surface area is 210 Å². The molecule has 4 rings (SSSR count). The third-order valence-corrected chi connectivity index (χ3v) is 7.49. The number of rotatable bonds is 9. The molecule has 0 radical (unpaired) electrons. The molecule has 0 bridgehead atoms. The number of benzene rings is 2. The predicted molar refractivity (Wildman–Crippen MR) is 136 cm³/mol. The van der Waals surface area contributed by atoms with E-state index in [0.29, 0.717) is 26.1 Å². The van der Waals surface area contributed by atoms with E-state index in [0.717, 1.165) is 23.1 Å². The van der Waals surface area contributed by atoms with Crippen LogP contribution in [0, 0.1) is 12.7 Å². The molecule has 5 nitrogen and oxygen atoms in total. The fraction of sp³-hybridized carbons (Fsp3) is 0.357. The molecule has 1 aliphatic rings. The first-order valence-corrected chi connectivity index (χ1v) is 12.8.